The van der Waals surface area contributed by atoms with Gasteiger partial charge in [0.15, 0.2) is 16.0 Å². The van der Waals surface area contributed by atoms with Crippen molar-refractivity contribution in [2.75, 3.05) is 44.7 Å². The normalized spacial score (nSPS) is 19.3. The van der Waals surface area contributed by atoms with Crippen molar-refractivity contribution in [1.82, 2.24) is 25.1 Å². The molecule has 2 atom stereocenters. The summed E-state index contributed by atoms with van der Waals surface area (Å²) in [5.41, 5.74) is 3.77. The lowest BCUT2D eigenvalue weighted by Gasteiger charge is -2.38. The smallest absolute Gasteiger partial charge is 0.338 e. The molecule has 2 saturated heterocycles. The number of thiazole rings is 2. The van der Waals surface area contributed by atoms with Crippen molar-refractivity contribution < 1.29 is 28.6 Å². The van der Waals surface area contributed by atoms with Crippen LogP contribution in [0.1, 0.15) is 28.6 Å². The molecule has 0 saturated carbocycles. The molecule has 2 N–H and O–H groups in total. The number of carboxylic acid groups (broad SMARTS) is 1. The number of esters is 1. The molecule has 7 rings (SSSR count). The number of aliphatic imine (C=N–C) groups is 1. The van der Waals surface area contributed by atoms with Gasteiger partial charge in [-0.05, 0) is 30.2 Å². The number of aromatic nitrogens is 2. The number of benzene rings is 2. The quantitative estimate of drug-likeness (QED) is 0.210. The number of hydrogen-bond donors (Lipinski definition) is 2. The number of urea groups is 1. The SMILES string of the molecule is COC(=O)C1=C(CN2CCN3C(=O)N(c4nc(-c5cccc(CCC(=O)O)c5)cs4)C[C@@H]3C2)NC(c2nccs2)=N[C@H]1c1ccc(F)cc1Cl. The molecule has 3 aliphatic rings. The minimum absolute atomic E-state index is 0.0451. The summed E-state index contributed by atoms with van der Waals surface area (Å²) in [5, 5.41) is 17.5. The molecule has 2 aromatic carbocycles. The Labute approximate surface area is 299 Å². The van der Waals surface area contributed by atoms with Crippen LogP contribution in [0, 0.1) is 5.82 Å². The summed E-state index contributed by atoms with van der Waals surface area (Å²) in [4.78, 5) is 57.7. The molecular weight excluding hydrogens is 705 g/mol. The van der Waals surface area contributed by atoms with E-state index in [2.05, 4.69) is 15.2 Å². The first-order chi connectivity index (χ1) is 24.2. The maximum absolute atomic E-state index is 14.0. The second kappa shape index (κ2) is 14.3. The van der Waals surface area contributed by atoms with E-state index in [-0.39, 0.29) is 29.1 Å². The molecule has 2 fully saturated rings. The fraction of sp³-hybridized carbons (Fsp3) is 0.294. The van der Waals surface area contributed by atoms with E-state index in [1.54, 1.807) is 11.1 Å². The number of amidine groups is 1. The zero-order valence-corrected chi connectivity index (χ0v) is 29.1. The molecule has 16 heteroatoms. The fourth-order valence-electron chi connectivity index (χ4n) is 6.43. The lowest BCUT2D eigenvalue weighted by atomic mass is 9.95. The molecule has 0 aliphatic carbocycles. The average molecular weight is 736 g/mol. The van der Waals surface area contributed by atoms with Crippen LogP contribution < -0.4 is 10.2 Å². The summed E-state index contributed by atoms with van der Waals surface area (Å²) in [5.74, 6) is -1.48. The van der Waals surface area contributed by atoms with Gasteiger partial charge in [0.2, 0.25) is 0 Å². The van der Waals surface area contributed by atoms with Crippen LogP contribution in [0.2, 0.25) is 5.02 Å². The Bertz CT molecular complexity index is 2020. The van der Waals surface area contributed by atoms with Crippen molar-refractivity contribution in [1.29, 1.82) is 0 Å². The summed E-state index contributed by atoms with van der Waals surface area (Å²) in [7, 11) is 1.30. The predicted octanol–water partition coefficient (Wildman–Crippen LogP) is 5.22. The first-order valence-electron chi connectivity index (χ1n) is 15.8. The summed E-state index contributed by atoms with van der Waals surface area (Å²) < 4.78 is 19.2. The Morgan fingerprint density at radius 1 is 1.16 bits per heavy atom. The van der Waals surface area contributed by atoms with E-state index in [1.807, 2.05) is 39.9 Å². The van der Waals surface area contributed by atoms with Gasteiger partial charge in [-0.1, -0.05) is 35.9 Å². The van der Waals surface area contributed by atoms with Crippen LogP contribution in [-0.4, -0.2) is 94.6 Å². The molecule has 0 spiro atoms. The Kier molecular flexibility index (Phi) is 9.64. The number of rotatable bonds is 10. The highest BCUT2D eigenvalue weighted by molar-refractivity contribution is 7.14. The highest BCUT2D eigenvalue weighted by atomic mass is 35.5. The van der Waals surface area contributed by atoms with Gasteiger partial charge in [-0.3, -0.25) is 19.6 Å². The van der Waals surface area contributed by atoms with Crippen molar-refractivity contribution >= 4 is 63.2 Å². The van der Waals surface area contributed by atoms with Crippen molar-refractivity contribution in [3.8, 4) is 11.3 Å². The average Bonchev–Trinajstić information content (AvgIpc) is 3.88. The molecule has 3 aliphatic heterocycles. The van der Waals surface area contributed by atoms with Gasteiger partial charge in [0.05, 0.1) is 31.0 Å². The lowest BCUT2D eigenvalue weighted by molar-refractivity contribution is -0.137. The van der Waals surface area contributed by atoms with Crippen molar-refractivity contribution in [2.24, 2.45) is 4.99 Å². The third kappa shape index (κ3) is 6.86. The molecule has 4 aromatic rings. The number of anilines is 1. The summed E-state index contributed by atoms with van der Waals surface area (Å²) in [6.07, 6.45) is 2.13. The fourth-order valence-corrected chi connectivity index (χ4v) is 8.12. The van der Waals surface area contributed by atoms with Crippen molar-refractivity contribution in [3.63, 3.8) is 0 Å². The number of ether oxygens (including phenoxy) is 1. The second-order valence-electron chi connectivity index (χ2n) is 12.0. The van der Waals surface area contributed by atoms with Gasteiger partial charge in [0.1, 0.15) is 11.9 Å². The van der Waals surface area contributed by atoms with Gasteiger partial charge >= 0.3 is 18.0 Å². The number of amides is 2. The third-order valence-corrected chi connectivity index (χ3v) is 10.8. The number of piperazine rings is 1. The third-order valence-electron chi connectivity index (χ3n) is 8.82. The van der Waals surface area contributed by atoms with E-state index < -0.39 is 23.8 Å². The van der Waals surface area contributed by atoms with Crippen molar-refractivity contribution in [3.05, 3.63) is 97.7 Å². The zero-order valence-electron chi connectivity index (χ0n) is 26.7. The van der Waals surface area contributed by atoms with Crippen LogP contribution in [-0.2, 0) is 20.7 Å². The maximum atomic E-state index is 14.0. The number of methoxy groups -OCH3 is 1. The minimum Gasteiger partial charge on any atom is -0.481 e. The molecule has 0 bridgehead atoms. The molecule has 5 heterocycles. The number of hydrogen-bond acceptors (Lipinski definition) is 11. The molecule has 2 amide bonds. The summed E-state index contributed by atoms with van der Waals surface area (Å²) in [6, 6.07) is 10.5. The number of aryl methyl sites for hydroxylation is 1. The van der Waals surface area contributed by atoms with Gasteiger partial charge in [0, 0.05) is 71.4 Å². The largest absolute Gasteiger partial charge is 0.481 e. The predicted molar refractivity (Wildman–Crippen MR) is 188 cm³/mol. The van der Waals surface area contributed by atoms with Crippen LogP contribution in [0.4, 0.5) is 14.3 Å². The molecule has 0 radical (unpaired) electrons. The number of nitrogens with one attached hydrogen (secondary N) is 1. The molecule has 0 unspecified atom stereocenters. The molecular formula is C34H31ClFN7O5S2. The number of carbonyl (C=O) groups excluding carboxylic acids is 2. The first kappa shape index (κ1) is 33.8. The standard InChI is InChI=1S/C34H31ClFN7O5S2/c1-48-32(46)28-25(38-30(31-37-9-12-49-31)40-29(28)23-7-6-21(36)14-24(23)35)17-41-10-11-42-22(15-41)16-43(34(42)47)33-39-26(18-50-33)20-4-2-3-19(13-20)5-8-27(44)45/h2-4,6-7,9,12-14,18,22,29H,5,8,10-11,15-17H2,1H3,(H,38,40)(H,44,45)/t22-,29-/m0/s1. The van der Waals surface area contributed by atoms with Crippen LogP contribution in [0.15, 0.2) is 75.7 Å². The van der Waals surface area contributed by atoms with E-state index in [0.29, 0.717) is 66.4 Å². The van der Waals surface area contributed by atoms with E-state index in [4.69, 9.17) is 31.4 Å². The van der Waals surface area contributed by atoms with E-state index in [0.717, 1.165) is 16.8 Å². The van der Waals surface area contributed by atoms with Crippen LogP contribution in [0.25, 0.3) is 11.3 Å². The van der Waals surface area contributed by atoms with Gasteiger partial charge in [-0.15, -0.1) is 22.7 Å². The number of nitrogens with zero attached hydrogens (tertiary/aromatic N) is 6. The number of halogens is 2. The second-order valence-corrected chi connectivity index (χ2v) is 14.1. The Morgan fingerprint density at radius 3 is 2.78 bits per heavy atom. The van der Waals surface area contributed by atoms with Gasteiger partial charge < -0.3 is 20.1 Å². The summed E-state index contributed by atoms with van der Waals surface area (Å²) in [6.45, 7) is 2.33. The van der Waals surface area contributed by atoms with Gasteiger partial charge in [-0.2, -0.15) is 0 Å². The first-order valence-corrected chi connectivity index (χ1v) is 17.9. The molecule has 2 aromatic heterocycles. The molecule has 12 nitrogen and oxygen atoms in total. The highest BCUT2D eigenvalue weighted by Gasteiger charge is 2.43. The van der Waals surface area contributed by atoms with E-state index in [9.17, 15) is 18.8 Å². The Morgan fingerprint density at radius 2 is 2.02 bits per heavy atom. The number of fused-ring (bicyclic) bond motifs is 1. The zero-order chi connectivity index (χ0) is 34.9. The Balaban J connectivity index is 1.11. The Hall–Kier alpha value is -4.70. The molecule has 258 valence electrons. The van der Waals surface area contributed by atoms with Crippen LogP contribution >= 0.6 is 34.3 Å². The minimum atomic E-state index is -0.868. The van der Waals surface area contributed by atoms with Crippen LogP contribution in [0.5, 0.6) is 0 Å². The van der Waals surface area contributed by atoms with Crippen LogP contribution in [0.3, 0.4) is 0 Å². The summed E-state index contributed by atoms with van der Waals surface area (Å²) >= 11 is 9.27. The van der Waals surface area contributed by atoms with E-state index >= 15 is 0 Å². The number of carboxylic acids is 1. The van der Waals surface area contributed by atoms with Crippen molar-refractivity contribution in [2.45, 2.75) is 24.9 Å². The van der Waals surface area contributed by atoms with Gasteiger partial charge in [0.25, 0.3) is 0 Å². The maximum Gasteiger partial charge on any atom is 0.338 e. The highest BCUT2D eigenvalue weighted by Crippen LogP contribution is 2.38. The lowest BCUT2D eigenvalue weighted by Crippen LogP contribution is -2.53. The monoisotopic (exact) mass is 735 g/mol. The topological polar surface area (TPSA) is 141 Å². The van der Waals surface area contributed by atoms with Gasteiger partial charge in [-0.25, -0.2) is 23.9 Å². The number of aliphatic carboxylic acids is 1. The van der Waals surface area contributed by atoms with E-state index in [1.165, 1.54) is 48.0 Å². The number of carbonyl (C=O) groups is 3. The molecule has 50 heavy (non-hydrogen) atoms.